The van der Waals surface area contributed by atoms with Gasteiger partial charge in [-0.1, -0.05) is 12.1 Å². The van der Waals surface area contributed by atoms with Crippen molar-refractivity contribution in [2.75, 3.05) is 20.3 Å². The zero-order valence-electron chi connectivity index (χ0n) is 19.2. The molecule has 0 saturated heterocycles. The Bertz CT molecular complexity index is 857. The minimum absolute atomic E-state index is 0.146. The molecule has 0 unspecified atom stereocenters. The van der Waals surface area contributed by atoms with E-state index in [-0.39, 0.29) is 6.04 Å². The highest BCUT2D eigenvalue weighted by Gasteiger charge is 2.20. The number of hydrogen-bond acceptors (Lipinski definition) is 6. The zero-order valence-corrected chi connectivity index (χ0v) is 19.2. The average Bonchev–Trinajstić information content (AvgIpc) is 3.09. The van der Waals surface area contributed by atoms with Crippen molar-refractivity contribution in [2.24, 2.45) is 0 Å². The molecule has 0 radical (unpaired) electrons. The Kier molecular flexibility index (Phi) is 7.56. The van der Waals surface area contributed by atoms with E-state index in [1.54, 1.807) is 7.11 Å². The highest BCUT2D eigenvalue weighted by molar-refractivity contribution is 5.68. The lowest BCUT2D eigenvalue weighted by Crippen LogP contribution is -2.39. The number of benzene rings is 1. The van der Waals surface area contributed by atoms with Gasteiger partial charge in [0.25, 0.3) is 0 Å². The first-order valence-corrected chi connectivity index (χ1v) is 10.7. The Hall–Kier alpha value is -2.58. The van der Waals surface area contributed by atoms with Crippen LogP contribution in [0.5, 0.6) is 5.75 Å². The van der Waals surface area contributed by atoms with Gasteiger partial charge in [-0.2, -0.15) is 5.10 Å². The fraction of sp³-hybridized carbons (Fsp3) is 0.565. The van der Waals surface area contributed by atoms with Gasteiger partial charge in [-0.3, -0.25) is 9.58 Å². The van der Waals surface area contributed by atoms with Crippen molar-refractivity contribution in [3.8, 4) is 5.75 Å². The summed E-state index contributed by atoms with van der Waals surface area (Å²) in [6, 6.07) is 10.2. The van der Waals surface area contributed by atoms with Crippen molar-refractivity contribution in [2.45, 2.75) is 65.6 Å². The van der Waals surface area contributed by atoms with Gasteiger partial charge < -0.3 is 19.5 Å². The van der Waals surface area contributed by atoms with E-state index >= 15 is 0 Å². The van der Waals surface area contributed by atoms with Crippen LogP contribution in [-0.4, -0.2) is 52.7 Å². The SMILES string of the molecule is COc1ccc(CN2CCn3nc(COC[C@H](C)NC(=O)OC(C)(C)C)cc3C2)cc1. The van der Waals surface area contributed by atoms with E-state index in [0.29, 0.717) is 13.2 Å². The standard InChI is InChI=1S/C23H34N4O4/c1-17(24-22(28)31-23(2,3)4)15-30-16-19-12-20-14-26(10-11-27(20)25-19)13-18-6-8-21(29-5)9-7-18/h6-9,12,17H,10-11,13-16H2,1-5H3,(H,24,28)/t17-/m0/s1. The fourth-order valence-corrected chi connectivity index (χ4v) is 3.47. The summed E-state index contributed by atoms with van der Waals surface area (Å²) >= 11 is 0. The molecule has 1 aromatic carbocycles. The third kappa shape index (κ3) is 7.25. The molecule has 1 aromatic heterocycles. The lowest BCUT2D eigenvalue weighted by molar-refractivity contribution is 0.0440. The Balaban J connectivity index is 1.43. The molecule has 0 spiro atoms. The number of amides is 1. The van der Waals surface area contributed by atoms with Gasteiger partial charge in [-0.25, -0.2) is 4.79 Å². The molecular weight excluding hydrogens is 396 g/mol. The molecule has 31 heavy (non-hydrogen) atoms. The third-order valence-electron chi connectivity index (χ3n) is 4.87. The molecule has 0 aliphatic carbocycles. The number of hydrogen-bond donors (Lipinski definition) is 1. The van der Waals surface area contributed by atoms with E-state index in [0.717, 1.165) is 37.6 Å². The monoisotopic (exact) mass is 430 g/mol. The maximum atomic E-state index is 11.8. The largest absolute Gasteiger partial charge is 0.497 e. The lowest BCUT2D eigenvalue weighted by atomic mass is 10.2. The van der Waals surface area contributed by atoms with E-state index < -0.39 is 11.7 Å². The van der Waals surface area contributed by atoms with Gasteiger partial charge in [0.2, 0.25) is 0 Å². The first kappa shape index (κ1) is 23.1. The molecule has 0 fully saturated rings. The van der Waals surface area contributed by atoms with Crippen molar-refractivity contribution in [1.29, 1.82) is 0 Å². The topological polar surface area (TPSA) is 77.9 Å². The molecule has 1 amide bonds. The van der Waals surface area contributed by atoms with E-state index in [4.69, 9.17) is 14.2 Å². The van der Waals surface area contributed by atoms with Crippen LogP contribution in [0.25, 0.3) is 0 Å². The summed E-state index contributed by atoms with van der Waals surface area (Å²) in [5, 5.41) is 7.44. The maximum Gasteiger partial charge on any atom is 0.407 e. The van der Waals surface area contributed by atoms with Crippen LogP contribution in [0.1, 0.15) is 44.6 Å². The quantitative estimate of drug-likeness (QED) is 0.692. The van der Waals surface area contributed by atoms with Gasteiger partial charge in [0.1, 0.15) is 11.4 Å². The number of methoxy groups -OCH3 is 1. The molecule has 0 saturated carbocycles. The number of aromatic nitrogens is 2. The van der Waals surface area contributed by atoms with Crippen molar-refractivity contribution < 1.29 is 19.0 Å². The molecule has 8 nitrogen and oxygen atoms in total. The van der Waals surface area contributed by atoms with Crippen molar-refractivity contribution in [1.82, 2.24) is 20.0 Å². The van der Waals surface area contributed by atoms with Gasteiger partial charge in [0, 0.05) is 19.6 Å². The molecular formula is C23H34N4O4. The second-order valence-electron chi connectivity index (χ2n) is 8.97. The minimum Gasteiger partial charge on any atom is -0.497 e. The molecule has 2 aromatic rings. The van der Waals surface area contributed by atoms with E-state index in [1.807, 2.05) is 39.8 Å². The number of carbonyl (C=O) groups excluding carboxylic acids is 1. The molecule has 2 heterocycles. The van der Waals surface area contributed by atoms with Gasteiger partial charge in [-0.05, 0) is 51.5 Å². The lowest BCUT2D eigenvalue weighted by Gasteiger charge is -2.27. The Labute approximate surface area is 184 Å². The molecule has 8 heteroatoms. The van der Waals surface area contributed by atoms with Crippen LogP contribution in [-0.2, 0) is 35.7 Å². The van der Waals surface area contributed by atoms with E-state index in [2.05, 4.69) is 38.2 Å². The number of rotatable bonds is 8. The van der Waals surface area contributed by atoms with Crippen LogP contribution in [0.4, 0.5) is 4.79 Å². The van der Waals surface area contributed by atoms with Crippen molar-refractivity contribution in [3.63, 3.8) is 0 Å². The van der Waals surface area contributed by atoms with Gasteiger partial charge in [-0.15, -0.1) is 0 Å². The van der Waals surface area contributed by atoms with Crippen LogP contribution in [0, 0.1) is 0 Å². The smallest absolute Gasteiger partial charge is 0.407 e. The van der Waals surface area contributed by atoms with Crippen LogP contribution in [0.2, 0.25) is 0 Å². The summed E-state index contributed by atoms with van der Waals surface area (Å²) in [4.78, 5) is 14.2. The summed E-state index contributed by atoms with van der Waals surface area (Å²) in [5.74, 6) is 0.876. The summed E-state index contributed by atoms with van der Waals surface area (Å²) < 4.78 is 18.3. The second-order valence-corrected chi connectivity index (χ2v) is 8.97. The van der Waals surface area contributed by atoms with Gasteiger partial charge in [0.15, 0.2) is 0 Å². The average molecular weight is 431 g/mol. The molecule has 1 atom stereocenters. The van der Waals surface area contributed by atoms with E-state index in [9.17, 15) is 4.79 Å². The second kappa shape index (κ2) is 10.2. The Morgan fingerprint density at radius 1 is 1.23 bits per heavy atom. The highest BCUT2D eigenvalue weighted by Crippen LogP contribution is 2.18. The number of alkyl carbamates (subject to hydrolysis) is 1. The van der Waals surface area contributed by atoms with Crippen LogP contribution < -0.4 is 10.1 Å². The molecule has 1 N–H and O–H groups in total. The number of nitrogens with one attached hydrogen (secondary N) is 1. The summed E-state index contributed by atoms with van der Waals surface area (Å²) in [6.45, 7) is 11.8. The number of nitrogens with zero attached hydrogens (tertiary/aromatic N) is 3. The first-order chi connectivity index (χ1) is 14.7. The van der Waals surface area contributed by atoms with Crippen LogP contribution in [0.15, 0.2) is 30.3 Å². The van der Waals surface area contributed by atoms with Gasteiger partial charge in [0.05, 0.1) is 44.3 Å². The molecule has 1 aliphatic heterocycles. The fourth-order valence-electron chi connectivity index (χ4n) is 3.47. The minimum atomic E-state index is -0.512. The van der Waals surface area contributed by atoms with E-state index in [1.165, 1.54) is 11.3 Å². The molecule has 3 rings (SSSR count). The Morgan fingerprint density at radius 2 is 1.97 bits per heavy atom. The number of carbonyl (C=O) groups is 1. The Morgan fingerprint density at radius 3 is 2.65 bits per heavy atom. The normalized spacial score (nSPS) is 15.3. The maximum absolute atomic E-state index is 11.8. The zero-order chi connectivity index (χ0) is 22.4. The predicted molar refractivity (Wildman–Crippen MR) is 118 cm³/mol. The first-order valence-electron chi connectivity index (χ1n) is 10.7. The number of fused-ring (bicyclic) bond motifs is 1. The molecule has 0 bridgehead atoms. The van der Waals surface area contributed by atoms with Gasteiger partial charge >= 0.3 is 6.09 Å². The predicted octanol–water partition coefficient (Wildman–Crippen LogP) is 3.34. The summed E-state index contributed by atoms with van der Waals surface area (Å²) in [6.07, 6.45) is -0.432. The van der Waals surface area contributed by atoms with Crippen molar-refractivity contribution >= 4 is 6.09 Å². The highest BCUT2D eigenvalue weighted by atomic mass is 16.6. The number of ether oxygens (including phenoxy) is 3. The summed E-state index contributed by atoms with van der Waals surface area (Å²) in [7, 11) is 1.68. The molecule has 1 aliphatic rings. The van der Waals surface area contributed by atoms with Crippen molar-refractivity contribution in [3.05, 3.63) is 47.3 Å². The molecule has 170 valence electrons. The van der Waals surface area contributed by atoms with Crippen LogP contribution >= 0.6 is 0 Å². The summed E-state index contributed by atoms with van der Waals surface area (Å²) in [5.41, 5.74) is 2.86. The third-order valence-corrected chi connectivity index (χ3v) is 4.87. The van der Waals surface area contributed by atoms with Crippen LogP contribution in [0.3, 0.4) is 0 Å².